The molecule has 1 heterocycles. The van der Waals surface area contributed by atoms with Gasteiger partial charge in [0.2, 0.25) is 0 Å². The molecule has 0 aromatic rings. The van der Waals surface area contributed by atoms with Crippen LogP contribution in [0, 0.1) is 17.8 Å². The van der Waals surface area contributed by atoms with E-state index in [2.05, 4.69) is 31.2 Å². The molecule has 1 N–H and O–H groups in total. The molecular formula is C11H22N2. The van der Waals surface area contributed by atoms with E-state index >= 15 is 0 Å². The van der Waals surface area contributed by atoms with E-state index in [9.17, 15) is 0 Å². The highest BCUT2D eigenvalue weighted by Crippen LogP contribution is 2.43. The van der Waals surface area contributed by atoms with Crippen molar-refractivity contribution in [3.63, 3.8) is 0 Å². The van der Waals surface area contributed by atoms with Crippen molar-refractivity contribution in [2.45, 2.75) is 25.8 Å². The fourth-order valence-electron chi connectivity index (χ4n) is 3.51. The van der Waals surface area contributed by atoms with Gasteiger partial charge in [0.25, 0.3) is 0 Å². The van der Waals surface area contributed by atoms with Crippen LogP contribution < -0.4 is 5.32 Å². The molecule has 0 spiro atoms. The Morgan fingerprint density at radius 3 is 2.23 bits per heavy atom. The fourth-order valence-corrected chi connectivity index (χ4v) is 3.51. The van der Waals surface area contributed by atoms with Crippen LogP contribution in [0.15, 0.2) is 0 Å². The Morgan fingerprint density at radius 2 is 1.77 bits per heavy atom. The molecule has 0 radical (unpaired) electrons. The number of hydrogen-bond acceptors (Lipinski definition) is 2. The molecule has 1 saturated carbocycles. The number of piperidine rings is 1. The second-order valence-electron chi connectivity index (χ2n) is 4.97. The molecule has 0 amide bonds. The van der Waals surface area contributed by atoms with Crippen molar-refractivity contribution in [1.82, 2.24) is 10.2 Å². The first-order valence-corrected chi connectivity index (χ1v) is 5.58. The molecule has 2 fully saturated rings. The zero-order valence-corrected chi connectivity index (χ0v) is 9.09. The summed E-state index contributed by atoms with van der Waals surface area (Å²) < 4.78 is 0. The van der Waals surface area contributed by atoms with Gasteiger partial charge in [-0.05, 0) is 51.6 Å². The fraction of sp³-hybridized carbons (Fsp3) is 1.00. The average Bonchev–Trinajstić information content (AvgIpc) is 2.37. The molecule has 2 aliphatic rings. The topological polar surface area (TPSA) is 15.3 Å². The molecule has 0 aromatic heterocycles. The number of nitrogens with zero attached hydrogens (tertiary/aromatic N) is 1. The zero-order chi connectivity index (χ0) is 9.42. The van der Waals surface area contributed by atoms with Crippen LogP contribution in [0.4, 0.5) is 0 Å². The number of likely N-dealkylation sites (tertiary alicyclic amines) is 1. The Kier molecular flexibility index (Phi) is 2.61. The van der Waals surface area contributed by atoms with Gasteiger partial charge in [0.15, 0.2) is 0 Å². The summed E-state index contributed by atoms with van der Waals surface area (Å²) in [5.74, 6) is 2.87. The van der Waals surface area contributed by atoms with Gasteiger partial charge in [0.1, 0.15) is 0 Å². The minimum atomic E-state index is 0.714. The lowest BCUT2D eigenvalue weighted by Crippen LogP contribution is -2.47. The first-order valence-electron chi connectivity index (χ1n) is 5.58. The maximum atomic E-state index is 3.43. The molecule has 0 aromatic carbocycles. The lowest BCUT2D eigenvalue weighted by atomic mass is 9.80. The molecule has 2 nitrogen and oxygen atoms in total. The smallest absolute Gasteiger partial charge is 0.00702 e. The Hall–Kier alpha value is -0.0800. The lowest BCUT2D eigenvalue weighted by Gasteiger charge is -2.39. The Morgan fingerprint density at radius 1 is 1.23 bits per heavy atom. The molecule has 3 unspecified atom stereocenters. The van der Waals surface area contributed by atoms with E-state index in [-0.39, 0.29) is 0 Å². The molecule has 3 atom stereocenters. The van der Waals surface area contributed by atoms with Crippen LogP contribution in [0.2, 0.25) is 0 Å². The van der Waals surface area contributed by atoms with Gasteiger partial charge in [0, 0.05) is 19.1 Å². The zero-order valence-electron chi connectivity index (χ0n) is 9.09. The predicted octanol–water partition coefficient (Wildman–Crippen LogP) is 1.18. The van der Waals surface area contributed by atoms with Crippen molar-refractivity contribution >= 4 is 0 Å². The molecule has 2 heteroatoms. The third-order valence-electron chi connectivity index (χ3n) is 4.12. The summed E-state index contributed by atoms with van der Waals surface area (Å²) in [5, 5.41) is 3.43. The average molecular weight is 182 g/mol. The van der Waals surface area contributed by atoms with Gasteiger partial charge in [-0.25, -0.2) is 0 Å². The van der Waals surface area contributed by atoms with Crippen LogP contribution in [-0.2, 0) is 0 Å². The van der Waals surface area contributed by atoms with E-state index in [1.54, 1.807) is 0 Å². The van der Waals surface area contributed by atoms with Crippen molar-refractivity contribution in [3.05, 3.63) is 0 Å². The van der Waals surface area contributed by atoms with E-state index in [0.29, 0.717) is 6.04 Å². The van der Waals surface area contributed by atoms with Crippen molar-refractivity contribution < 1.29 is 0 Å². The molecule has 1 saturated heterocycles. The van der Waals surface area contributed by atoms with Gasteiger partial charge in [-0.1, -0.05) is 0 Å². The van der Waals surface area contributed by atoms with Crippen LogP contribution in [0.5, 0.6) is 0 Å². The summed E-state index contributed by atoms with van der Waals surface area (Å²) in [5.41, 5.74) is 0. The van der Waals surface area contributed by atoms with Gasteiger partial charge < -0.3 is 10.2 Å². The van der Waals surface area contributed by atoms with E-state index in [1.807, 2.05) is 0 Å². The second kappa shape index (κ2) is 3.58. The standard InChI is InChI=1S/C11H22N2/c1-8(12-2)11-9-4-5-10(11)7-13(3)6-9/h8-12H,4-7H2,1-3H3. The minimum absolute atomic E-state index is 0.714. The van der Waals surface area contributed by atoms with Gasteiger partial charge in [-0.3, -0.25) is 0 Å². The summed E-state index contributed by atoms with van der Waals surface area (Å²) in [6.07, 6.45) is 2.93. The van der Waals surface area contributed by atoms with Gasteiger partial charge >= 0.3 is 0 Å². The third kappa shape index (κ3) is 1.62. The Bertz CT molecular complexity index is 167. The third-order valence-corrected chi connectivity index (χ3v) is 4.12. The molecule has 1 aliphatic heterocycles. The van der Waals surface area contributed by atoms with E-state index in [1.165, 1.54) is 25.9 Å². The molecule has 13 heavy (non-hydrogen) atoms. The first kappa shape index (κ1) is 9.47. The summed E-state index contributed by atoms with van der Waals surface area (Å²) >= 11 is 0. The van der Waals surface area contributed by atoms with E-state index < -0.39 is 0 Å². The van der Waals surface area contributed by atoms with Crippen LogP contribution in [0.25, 0.3) is 0 Å². The summed E-state index contributed by atoms with van der Waals surface area (Å²) in [7, 11) is 4.37. The second-order valence-corrected chi connectivity index (χ2v) is 4.97. The van der Waals surface area contributed by atoms with Crippen LogP contribution in [0.1, 0.15) is 19.8 Å². The number of fused-ring (bicyclic) bond motifs is 2. The van der Waals surface area contributed by atoms with Crippen molar-refractivity contribution in [2.75, 3.05) is 27.2 Å². The SMILES string of the molecule is CNC(C)C1C2CCC1CN(C)C2. The summed E-state index contributed by atoms with van der Waals surface area (Å²) in [6.45, 7) is 5.00. The molecular weight excluding hydrogens is 160 g/mol. The molecule has 76 valence electrons. The first-order chi connectivity index (χ1) is 6.22. The van der Waals surface area contributed by atoms with Crippen molar-refractivity contribution in [2.24, 2.45) is 17.8 Å². The largest absolute Gasteiger partial charge is 0.317 e. The number of rotatable bonds is 2. The minimum Gasteiger partial charge on any atom is -0.317 e. The molecule has 1 aliphatic carbocycles. The van der Waals surface area contributed by atoms with Crippen LogP contribution in [-0.4, -0.2) is 38.1 Å². The van der Waals surface area contributed by atoms with E-state index in [4.69, 9.17) is 0 Å². The quantitative estimate of drug-likeness (QED) is 0.690. The summed E-state index contributed by atoms with van der Waals surface area (Å²) in [4.78, 5) is 2.52. The van der Waals surface area contributed by atoms with Crippen molar-refractivity contribution in [1.29, 1.82) is 0 Å². The van der Waals surface area contributed by atoms with Gasteiger partial charge in [-0.2, -0.15) is 0 Å². The molecule has 2 bridgehead atoms. The Balaban J connectivity index is 2.06. The monoisotopic (exact) mass is 182 g/mol. The van der Waals surface area contributed by atoms with Gasteiger partial charge in [0.05, 0.1) is 0 Å². The van der Waals surface area contributed by atoms with Crippen molar-refractivity contribution in [3.8, 4) is 0 Å². The Labute approximate surface area is 81.7 Å². The predicted molar refractivity (Wildman–Crippen MR) is 55.7 cm³/mol. The van der Waals surface area contributed by atoms with Crippen LogP contribution in [0.3, 0.4) is 0 Å². The highest BCUT2D eigenvalue weighted by atomic mass is 15.1. The molecule has 2 rings (SSSR count). The summed E-state index contributed by atoms with van der Waals surface area (Å²) in [6, 6.07) is 0.714. The normalized spacial score (nSPS) is 42.2. The van der Waals surface area contributed by atoms with Gasteiger partial charge in [-0.15, -0.1) is 0 Å². The van der Waals surface area contributed by atoms with Crippen LogP contribution >= 0.6 is 0 Å². The maximum Gasteiger partial charge on any atom is 0.00702 e. The lowest BCUT2D eigenvalue weighted by molar-refractivity contribution is 0.109. The maximum absolute atomic E-state index is 3.43. The van der Waals surface area contributed by atoms with E-state index in [0.717, 1.165) is 17.8 Å². The highest BCUT2D eigenvalue weighted by molar-refractivity contribution is 4.95. The highest BCUT2D eigenvalue weighted by Gasteiger charge is 2.42. The number of hydrogen-bond donors (Lipinski definition) is 1. The number of nitrogens with one attached hydrogen (secondary N) is 1.